The molecule has 1 heterocycles. The highest BCUT2D eigenvalue weighted by Crippen LogP contribution is 2.40. The highest BCUT2D eigenvalue weighted by atomic mass is 32.1. The van der Waals surface area contributed by atoms with E-state index >= 15 is 0 Å². The van der Waals surface area contributed by atoms with Crippen molar-refractivity contribution in [2.45, 2.75) is 26.2 Å². The molecule has 0 saturated carbocycles. The Morgan fingerprint density at radius 1 is 1.28 bits per heavy atom. The lowest BCUT2D eigenvalue weighted by molar-refractivity contribution is -0.111. The zero-order valence-corrected chi connectivity index (χ0v) is 15.2. The molecule has 1 aromatic carbocycles. The van der Waals surface area contributed by atoms with Crippen LogP contribution in [0.5, 0.6) is 0 Å². The predicted octanol–water partition coefficient (Wildman–Crippen LogP) is 4.31. The monoisotopic (exact) mass is 355 g/mol. The normalized spacial score (nSPS) is 16.5. The second kappa shape index (κ2) is 7.66. The minimum absolute atomic E-state index is 0.249. The van der Waals surface area contributed by atoms with Crippen LogP contribution in [-0.2, 0) is 22.4 Å². The number of carbonyl (C=O) groups excluding carboxylic acids is 2. The van der Waals surface area contributed by atoms with Crippen LogP contribution in [0.2, 0.25) is 0 Å². The molecule has 0 radical (unpaired) electrons. The van der Waals surface area contributed by atoms with Crippen molar-refractivity contribution in [2.24, 2.45) is 5.92 Å². The molecule has 1 unspecified atom stereocenters. The van der Waals surface area contributed by atoms with E-state index in [2.05, 4.69) is 12.2 Å². The van der Waals surface area contributed by atoms with Crippen molar-refractivity contribution in [3.63, 3.8) is 0 Å². The maximum absolute atomic E-state index is 12.3. The van der Waals surface area contributed by atoms with Crippen molar-refractivity contribution in [1.82, 2.24) is 0 Å². The summed E-state index contributed by atoms with van der Waals surface area (Å²) >= 11 is 1.49. The molecule has 1 N–H and O–H groups in total. The van der Waals surface area contributed by atoms with Crippen LogP contribution in [0.25, 0.3) is 6.08 Å². The molecule has 5 heteroatoms. The Balaban J connectivity index is 1.83. The number of fused-ring (bicyclic) bond motifs is 1. The predicted molar refractivity (Wildman–Crippen MR) is 101 cm³/mol. The van der Waals surface area contributed by atoms with Crippen LogP contribution in [-0.4, -0.2) is 19.0 Å². The maximum atomic E-state index is 12.3. The fourth-order valence-electron chi connectivity index (χ4n) is 3.05. The van der Waals surface area contributed by atoms with Crippen molar-refractivity contribution in [2.75, 3.05) is 12.4 Å². The quantitative estimate of drug-likeness (QED) is 0.657. The Bertz CT molecular complexity index is 808. The summed E-state index contributed by atoms with van der Waals surface area (Å²) in [7, 11) is 1.37. The van der Waals surface area contributed by atoms with Gasteiger partial charge in [-0.05, 0) is 42.4 Å². The standard InChI is InChI=1S/C20H21NO3S/c1-13-8-10-15-16(12-13)25-19(18(15)20(23)24-2)21-17(22)11-9-14-6-4-3-5-7-14/h3-7,9,11,13H,8,10,12H2,1-2H3,(H,21,22). The number of esters is 1. The zero-order valence-electron chi connectivity index (χ0n) is 14.4. The first kappa shape index (κ1) is 17.4. The Hall–Kier alpha value is -2.40. The summed E-state index contributed by atoms with van der Waals surface area (Å²) < 4.78 is 4.94. The van der Waals surface area contributed by atoms with E-state index in [0.29, 0.717) is 16.5 Å². The molecule has 0 aliphatic heterocycles. The van der Waals surface area contributed by atoms with E-state index in [1.54, 1.807) is 6.08 Å². The van der Waals surface area contributed by atoms with Gasteiger partial charge in [-0.15, -0.1) is 11.3 Å². The SMILES string of the molecule is COC(=O)c1c(NC(=O)C=Cc2ccccc2)sc2c1CCC(C)C2. The Morgan fingerprint density at radius 2 is 2.04 bits per heavy atom. The van der Waals surface area contributed by atoms with Crippen LogP contribution in [0, 0.1) is 5.92 Å². The minimum Gasteiger partial charge on any atom is -0.465 e. The van der Waals surface area contributed by atoms with Gasteiger partial charge in [0.1, 0.15) is 5.00 Å². The highest BCUT2D eigenvalue weighted by Gasteiger charge is 2.28. The van der Waals surface area contributed by atoms with Crippen molar-refractivity contribution in [3.05, 3.63) is 58.0 Å². The van der Waals surface area contributed by atoms with Gasteiger partial charge in [0.05, 0.1) is 12.7 Å². The number of nitrogens with one attached hydrogen (secondary N) is 1. The molecule has 0 spiro atoms. The average molecular weight is 355 g/mol. The molecule has 4 nitrogen and oxygen atoms in total. The van der Waals surface area contributed by atoms with Gasteiger partial charge in [-0.2, -0.15) is 0 Å². The first-order chi connectivity index (χ1) is 12.1. The fourth-order valence-corrected chi connectivity index (χ4v) is 4.45. The number of ether oxygens (including phenoxy) is 1. The number of carbonyl (C=O) groups is 2. The first-order valence-corrected chi connectivity index (χ1v) is 9.17. The third-order valence-corrected chi connectivity index (χ3v) is 5.53. The summed E-state index contributed by atoms with van der Waals surface area (Å²) in [5, 5.41) is 3.45. The Kier molecular flexibility index (Phi) is 5.34. The van der Waals surface area contributed by atoms with Gasteiger partial charge in [-0.25, -0.2) is 4.79 Å². The van der Waals surface area contributed by atoms with E-state index in [1.807, 2.05) is 30.3 Å². The Labute approximate surface area is 151 Å². The molecule has 0 bridgehead atoms. The molecule has 1 aliphatic carbocycles. The number of benzene rings is 1. The topological polar surface area (TPSA) is 55.4 Å². The van der Waals surface area contributed by atoms with Crippen LogP contribution in [0.15, 0.2) is 36.4 Å². The molecule has 1 atom stereocenters. The number of anilines is 1. The lowest BCUT2D eigenvalue weighted by Crippen LogP contribution is -2.14. The van der Waals surface area contributed by atoms with E-state index in [1.165, 1.54) is 29.4 Å². The second-order valence-corrected chi connectivity index (χ2v) is 7.39. The van der Waals surface area contributed by atoms with Gasteiger partial charge in [0.25, 0.3) is 0 Å². The molecule has 2 aromatic rings. The van der Waals surface area contributed by atoms with Gasteiger partial charge in [0.15, 0.2) is 0 Å². The second-order valence-electron chi connectivity index (χ2n) is 6.28. The first-order valence-electron chi connectivity index (χ1n) is 8.35. The van der Waals surface area contributed by atoms with Crippen LogP contribution < -0.4 is 5.32 Å². The van der Waals surface area contributed by atoms with Gasteiger partial charge < -0.3 is 10.1 Å². The molecule has 1 amide bonds. The lowest BCUT2D eigenvalue weighted by atomic mass is 9.88. The van der Waals surface area contributed by atoms with E-state index in [0.717, 1.165) is 30.4 Å². The third-order valence-electron chi connectivity index (χ3n) is 4.36. The number of hydrogen-bond donors (Lipinski definition) is 1. The van der Waals surface area contributed by atoms with Gasteiger partial charge in [0.2, 0.25) is 5.91 Å². The summed E-state index contributed by atoms with van der Waals surface area (Å²) in [5.74, 6) is -0.0341. The number of methoxy groups -OCH3 is 1. The van der Waals surface area contributed by atoms with Crippen molar-refractivity contribution < 1.29 is 14.3 Å². The third kappa shape index (κ3) is 3.99. The van der Waals surface area contributed by atoms with Crippen LogP contribution in [0.1, 0.15) is 39.7 Å². The molecular weight excluding hydrogens is 334 g/mol. The molecule has 0 saturated heterocycles. The average Bonchev–Trinajstić information content (AvgIpc) is 2.97. The largest absolute Gasteiger partial charge is 0.465 e. The molecule has 1 aromatic heterocycles. The highest BCUT2D eigenvalue weighted by molar-refractivity contribution is 7.17. The smallest absolute Gasteiger partial charge is 0.341 e. The molecular formula is C20H21NO3S. The van der Waals surface area contributed by atoms with Gasteiger partial charge in [-0.1, -0.05) is 37.3 Å². The number of amides is 1. The molecule has 1 aliphatic rings. The van der Waals surface area contributed by atoms with E-state index in [-0.39, 0.29) is 11.9 Å². The van der Waals surface area contributed by atoms with Crippen molar-refractivity contribution >= 4 is 34.3 Å². The van der Waals surface area contributed by atoms with E-state index in [4.69, 9.17) is 4.74 Å². The fraction of sp³-hybridized carbons (Fsp3) is 0.300. The zero-order chi connectivity index (χ0) is 17.8. The van der Waals surface area contributed by atoms with Gasteiger partial charge in [-0.3, -0.25) is 4.79 Å². The summed E-state index contributed by atoms with van der Waals surface area (Å²) in [5.41, 5.74) is 2.51. The summed E-state index contributed by atoms with van der Waals surface area (Å²) in [6, 6.07) is 9.61. The van der Waals surface area contributed by atoms with Gasteiger partial charge >= 0.3 is 5.97 Å². The lowest BCUT2D eigenvalue weighted by Gasteiger charge is -2.18. The van der Waals surface area contributed by atoms with Crippen molar-refractivity contribution in [3.8, 4) is 0 Å². The molecule has 130 valence electrons. The number of rotatable bonds is 4. The molecule has 3 rings (SSSR count). The summed E-state index contributed by atoms with van der Waals surface area (Å²) in [4.78, 5) is 25.7. The minimum atomic E-state index is -0.380. The molecule has 0 fully saturated rings. The number of hydrogen-bond acceptors (Lipinski definition) is 4. The van der Waals surface area contributed by atoms with E-state index < -0.39 is 0 Å². The van der Waals surface area contributed by atoms with Crippen LogP contribution >= 0.6 is 11.3 Å². The summed E-state index contributed by atoms with van der Waals surface area (Å²) in [6.07, 6.45) is 6.09. The van der Waals surface area contributed by atoms with E-state index in [9.17, 15) is 9.59 Å². The molecule has 25 heavy (non-hydrogen) atoms. The Morgan fingerprint density at radius 3 is 2.76 bits per heavy atom. The number of thiophene rings is 1. The van der Waals surface area contributed by atoms with Gasteiger partial charge in [0, 0.05) is 11.0 Å². The van der Waals surface area contributed by atoms with Crippen LogP contribution in [0.3, 0.4) is 0 Å². The summed E-state index contributed by atoms with van der Waals surface area (Å²) in [6.45, 7) is 2.21. The van der Waals surface area contributed by atoms with Crippen LogP contribution in [0.4, 0.5) is 5.00 Å². The maximum Gasteiger partial charge on any atom is 0.341 e. The van der Waals surface area contributed by atoms with Crippen molar-refractivity contribution in [1.29, 1.82) is 0 Å².